The number of thiophene rings is 1. The zero-order chi connectivity index (χ0) is 24.5. The first-order valence-electron chi connectivity index (χ1n) is 11.4. The van der Waals surface area contributed by atoms with Crippen molar-refractivity contribution in [1.82, 2.24) is 10.7 Å². The molecule has 0 saturated heterocycles. The number of ether oxygens (including phenoxy) is 2. The van der Waals surface area contributed by atoms with Crippen LogP contribution >= 0.6 is 11.3 Å². The number of rotatable bonds is 11. The summed E-state index contributed by atoms with van der Waals surface area (Å²) >= 11 is 1.66. The van der Waals surface area contributed by atoms with Gasteiger partial charge in [0.05, 0.1) is 25.5 Å². The molecule has 0 spiro atoms. The van der Waals surface area contributed by atoms with E-state index in [0.717, 1.165) is 35.9 Å². The zero-order valence-corrected chi connectivity index (χ0v) is 20.8. The normalized spacial score (nSPS) is 11.5. The topological polar surface area (TPSA) is 89.0 Å². The number of hydrazone groups is 1. The molecule has 1 aromatic heterocycles. The molecule has 0 bridgehead atoms. The summed E-state index contributed by atoms with van der Waals surface area (Å²) in [5.74, 6) is 0.234. The summed E-state index contributed by atoms with van der Waals surface area (Å²) in [6, 6.07) is 13.1. The van der Waals surface area contributed by atoms with Crippen LogP contribution in [-0.4, -0.2) is 37.3 Å². The molecule has 0 fully saturated rings. The summed E-state index contributed by atoms with van der Waals surface area (Å²) in [6.07, 6.45) is 2.73. The molecule has 1 heterocycles. The predicted molar refractivity (Wildman–Crippen MR) is 137 cm³/mol. The summed E-state index contributed by atoms with van der Waals surface area (Å²) in [5, 5.41) is 10.2. The molecule has 0 unspecified atom stereocenters. The number of nitrogens with one attached hydrogen (secondary N) is 2. The molecule has 0 atom stereocenters. The molecule has 180 valence electrons. The maximum absolute atomic E-state index is 12.5. The number of amides is 2. The number of methoxy groups -OCH3 is 1. The third kappa shape index (κ3) is 6.57. The first kappa shape index (κ1) is 25.2. The number of unbranched alkanes of at least 4 members (excludes halogenated alkanes) is 1. The molecule has 34 heavy (non-hydrogen) atoms. The van der Waals surface area contributed by atoms with Gasteiger partial charge in [-0.2, -0.15) is 5.10 Å². The maximum atomic E-state index is 12.5. The smallest absolute Gasteiger partial charge is 0.259 e. The van der Waals surface area contributed by atoms with Gasteiger partial charge in [-0.3, -0.25) is 9.59 Å². The Bertz CT molecular complexity index is 1170. The number of hydrogen-bond acceptors (Lipinski definition) is 6. The monoisotopic (exact) mass is 481 g/mol. The Morgan fingerprint density at radius 1 is 1.12 bits per heavy atom. The molecule has 3 rings (SSSR count). The van der Waals surface area contributed by atoms with Crippen molar-refractivity contribution in [3.05, 3.63) is 59.0 Å². The number of fused-ring (bicyclic) bond motifs is 1. The highest BCUT2D eigenvalue weighted by atomic mass is 32.1. The zero-order valence-electron chi connectivity index (χ0n) is 20.0. The van der Waals surface area contributed by atoms with Crippen molar-refractivity contribution in [2.24, 2.45) is 5.10 Å². The van der Waals surface area contributed by atoms with E-state index in [1.807, 2.05) is 26.0 Å². The summed E-state index contributed by atoms with van der Waals surface area (Å²) in [7, 11) is 1.52. The third-order valence-corrected chi connectivity index (χ3v) is 6.04. The summed E-state index contributed by atoms with van der Waals surface area (Å²) in [6.45, 7) is 5.75. The lowest BCUT2D eigenvalue weighted by atomic mass is 10.0. The van der Waals surface area contributed by atoms with E-state index in [-0.39, 0.29) is 18.6 Å². The average molecular weight is 482 g/mol. The van der Waals surface area contributed by atoms with E-state index >= 15 is 0 Å². The number of nitrogens with zero attached hydrogens (tertiary/aromatic N) is 1. The predicted octanol–water partition coefficient (Wildman–Crippen LogP) is 5.14. The van der Waals surface area contributed by atoms with Crippen LogP contribution in [0.4, 0.5) is 0 Å². The van der Waals surface area contributed by atoms with Crippen LogP contribution in [0.2, 0.25) is 0 Å². The van der Waals surface area contributed by atoms with Gasteiger partial charge in [0.1, 0.15) is 0 Å². The Labute approximate surface area is 204 Å². The van der Waals surface area contributed by atoms with Gasteiger partial charge < -0.3 is 14.8 Å². The van der Waals surface area contributed by atoms with Gasteiger partial charge in [0, 0.05) is 26.6 Å². The Kier molecular flexibility index (Phi) is 9.04. The van der Waals surface area contributed by atoms with Crippen LogP contribution in [0.25, 0.3) is 10.1 Å². The number of carbonyl (C=O) groups excluding carboxylic acids is 2. The maximum Gasteiger partial charge on any atom is 0.259 e. The summed E-state index contributed by atoms with van der Waals surface area (Å²) in [5.41, 5.74) is 4.85. The van der Waals surface area contributed by atoms with Crippen LogP contribution in [0.5, 0.6) is 11.5 Å². The van der Waals surface area contributed by atoms with Gasteiger partial charge in [0.25, 0.3) is 11.8 Å². The largest absolute Gasteiger partial charge is 0.493 e. The molecular formula is C26H31N3O4S. The molecule has 0 aliphatic rings. The minimum atomic E-state index is -0.395. The fraction of sp³-hybridized carbons (Fsp3) is 0.346. The SMILES string of the molecule is CCCC/C(=N\NC(=O)CNC(=O)c1ccc(OC(C)C)c(OC)c1)c1csc2ccccc12. The second-order valence-electron chi connectivity index (χ2n) is 8.06. The van der Waals surface area contributed by atoms with E-state index in [9.17, 15) is 9.59 Å². The minimum Gasteiger partial charge on any atom is -0.493 e. The Morgan fingerprint density at radius 2 is 1.91 bits per heavy atom. The highest BCUT2D eigenvalue weighted by Crippen LogP contribution is 2.29. The van der Waals surface area contributed by atoms with Crippen molar-refractivity contribution in [1.29, 1.82) is 0 Å². The van der Waals surface area contributed by atoms with E-state index in [1.54, 1.807) is 29.5 Å². The molecule has 2 aromatic carbocycles. The molecule has 2 N–H and O–H groups in total. The number of carbonyl (C=O) groups is 2. The minimum absolute atomic E-state index is 0.0212. The van der Waals surface area contributed by atoms with Gasteiger partial charge >= 0.3 is 0 Å². The van der Waals surface area contributed by atoms with Crippen LogP contribution in [-0.2, 0) is 4.79 Å². The molecule has 7 nitrogen and oxygen atoms in total. The van der Waals surface area contributed by atoms with E-state index in [0.29, 0.717) is 17.1 Å². The first-order valence-corrected chi connectivity index (χ1v) is 12.3. The van der Waals surface area contributed by atoms with Crippen molar-refractivity contribution in [2.45, 2.75) is 46.1 Å². The Balaban J connectivity index is 1.64. The van der Waals surface area contributed by atoms with Gasteiger partial charge in [-0.05, 0) is 51.0 Å². The van der Waals surface area contributed by atoms with Crippen molar-refractivity contribution in [3.63, 3.8) is 0 Å². The number of hydrogen-bond donors (Lipinski definition) is 2. The lowest BCUT2D eigenvalue weighted by Crippen LogP contribution is -2.35. The van der Waals surface area contributed by atoms with E-state index in [4.69, 9.17) is 9.47 Å². The molecule has 3 aromatic rings. The van der Waals surface area contributed by atoms with E-state index < -0.39 is 5.91 Å². The Morgan fingerprint density at radius 3 is 2.65 bits per heavy atom. The highest BCUT2D eigenvalue weighted by Gasteiger charge is 2.14. The molecular weight excluding hydrogens is 450 g/mol. The summed E-state index contributed by atoms with van der Waals surface area (Å²) < 4.78 is 12.2. The van der Waals surface area contributed by atoms with Gasteiger partial charge in [-0.1, -0.05) is 31.5 Å². The lowest BCUT2D eigenvalue weighted by molar-refractivity contribution is -0.120. The molecule has 0 aliphatic heterocycles. The van der Waals surface area contributed by atoms with Gasteiger partial charge in [-0.25, -0.2) is 5.43 Å². The first-order chi connectivity index (χ1) is 16.4. The van der Waals surface area contributed by atoms with Crippen molar-refractivity contribution in [2.75, 3.05) is 13.7 Å². The average Bonchev–Trinajstić information content (AvgIpc) is 3.26. The summed E-state index contributed by atoms with van der Waals surface area (Å²) in [4.78, 5) is 25.0. The van der Waals surface area contributed by atoms with Crippen molar-refractivity contribution < 1.29 is 19.1 Å². The quantitative estimate of drug-likeness (QED) is 0.293. The van der Waals surface area contributed by atoms with Crippen LogP contribution in [0.1, 0.15) is 56.0 Å². The lowest BCUT2D eigenvalue weighted by Gasteiger charge is -2.14. The van der Waals surface area contributed by atoms with E-state index in [1.165, 1.54) is 11.8 Å². The van der Waals surface area contributed by atoms with E-state index in [2.05, 4.69) is 40.3 Å². The Hall–Kier alpha value is -3.39. The van der Waals surface area contributed by atoms with Crippen LogP contribution in [0.15, 0.2) is 52.9 Å². The molecule has 0 saturated carbocycles. The van der Waals surface area contributed by atoms with Crippen LogP contribution in [0, 0.1) is 0 Å². The van der Waals surface area contributed by atoms with Gasteiger partial charge in [-0.15, -0.1) is 11.3 Å². The number of benzene rings is 2. The molecule has 8 heteroatoms. The highest BCUT2D eigenvalue weighted by molar-refractivity contribution is 7.17. The molecule has 0 aliphatic carbocycles. The van der Waals surface area contributed by atoms with Crippen LogP contribution < -0.4 is 20.2 Å². The van der Waals surface area contributed by atoms with Crippen molar-refractivity contribution in [3.8, 4) is 11.5 Å². The fourth-order valence-corrected chi connectivity index (χ4v) is 4.36. The van der Waals surface area contributed by atoms with Gasteiger partial charge in [0.15, 0.2) is 11.5 Å². The standard InChI is InChI=1S/C26H31N3O4S/c1-5-6-10-21(20-16-34-24-11-8-7-9-19(20)24)28-29-25(30)15-27-26(31)18-12-13-22(33-17(2)3)23(14-18)32-4/h7-9,11-14,16-17H,5-6,10,15H2,1-4H3,(H,27,31)(H,29,30)/b28-21+. The molecule has 2 amide bonds. The second kappa shape index (κ2) is 12.2. The van der Waals surface area contributed by atoms with Gasteiger partial charge in [0.2, 0.25) is 0 Å². The fourth-order valence-electron chi connectivity index (χ4n) is 3.39. The van der Waals surface area contributed by atoms with Crippen molar-refractivity contribution >= 4 is 38.9 Å². The molecule has 0 radical (unpaired) electrons. The third-order valence-electron chi connectivity index (χ3n) is 5.07. The second-order valence-corrected chi connectivity index (χ2v) is 8.97. The van der Waals surface area contributed by atoms with Crippen LogP contribution in [0.3, 0.4) is 0 Å².